The maximum Gasteiger partial charge on any atom is 0.264 e. The van der Waals surface area contributed by atoms with Gasteiger partial charge in [0.1, 0.15) is 11.3 Å². The Labute approximate surface area is 115 Å². The molecule has 0 radical (unpaired) electrons. The third-order valence-electron chi connectivity index (χ3n) is 1.79. The van der Waals surface area contributed by atoms with Gasteiger partial charge in [-0.2, -0.15) is 0 Å². The van der Waals surface area contributed by atoms with E-state index in [0.717, 1.165) is 3.57 Å². The Balaban J connectivity index is 1.82. The van der Waals surface area contributed by atoms with Crippen molar-refractivity contribution in [2.75, 3.05) is 11.9 Å². The molecule has 1 aromatic heterocycles. The second-order valence-electron chi connectivity index (χ2n) is 3.03. The highest BCUT2D eigenvalue weighted by Gasteiger charge is 2.05. The molecule has 7 heteroatoms. The van der Waals surface area contributed by atoms with Crippen LogP contribution in [0.1, 0.15) is 0 Å². The summed E-state index contributed by atoms with van der Waals surface area (Å²) in [5.74, 6) is 0.415. The Hall–Kier alpha value is -1.22. The van der Waals surface area contributed by atoms with Crippen molar-refractivity contribution in [3.8, 4) is 5.75 Å². The highest BCUT2D eigenvalue weighted by atomic mass is 127. The average Bonchev–Trinajstić information content (AvgIpc) is 2.81. The molecule has 88 valence electrons. The fraction of sp³-hybridized carbons (Fsp3) is 0.100. The van der Waals surface area contributed by atoms with Gasteiger partial charge in [0.05, 0.1) is 0 Å². The summed E-state index contributed by atoms with van der Waals surface area (Å²) in [7, 11) is 0. The predicted octanol–water partition coefficient (Wildman–Crippen LogP) is 2.16. The fourth-order valence-electron chi connectivity index (χ4n) is 1.06. The zero-order valence-electron chi connectivity index (χ0n) is 8.59. The van der Waals surface area contributed by atoms with Crippen LogP contribution in [0, 0.1) is 3.57 Å². The van der Waals surface area contributed by atoms with Crippen molar-refractivity contribution in [2.45, 2.75) is 0 Å². The summed E-state index contributed by atoms with van der Waals surface area (Å²) in [5.41, 5.74) is 1.55. The maximum absolute atomic E-state index is 11.5. The van der Waals surface area contributed by atoms with Crippen molar-refractivity contribution >= 4 is 45.0 Å². The number of anilines is 1. The van der Waals surface area contributed by atoms with E-state index < -0.39 is 0 Å². The van der Waals surface area contributed by atoms with E-state index in [1.165, 1.54) is 11.3 Å². The Kier molecular flexibility index (Phi) is 4.26. The van der Waals surface area contributed by atoms with Crippen molar-refractivity contribution < 1.29 is 9.53 Å². The smallest absolute Gasteiger partial charge is 0.264 e. The first-order valence-electron chi connectivity index (χ1n) is 4.68. The number of nitrogens with one attached hydrogen (secondary N) is 1. The van der Waals surface area contributed by atoms with Gasteiger partial charge in [-0.15, -0.1) is 10.2 Å². The van der Waals surface area contributed by atoms with Gasteiger partial charge in [0, 0.05) is 3.57 Å². The lowest BCUT2D eigenvalue weighted by Gasteiger charge is -2.05. The van der Waals surface area contributed by atoms with E-state index in [-0.39, 0.29) is 12.5 Å². The molecule has 2 aromatic rings. The van der Waals surface area contributed by atoms with Crippen LogP contribution < -0.4 is 10.1 Å². The number of nitrogens with zero attached hydrogens (tertiary/aromatic N) is 2. The molecule has 0 fully saturated rings. The van der Waals surface area contributed by atoms with Gasteiger partial charge in [-0.05, 0) is 46.9 Å². The molecule has 1 heterocycles. The number of hydrogen-bond donors (Lipinski definition) is 1. The first kappa shape index (κ1) is 12.2. The van der Waals surface area contributed by atoms with E-state index in [1.54, 1.807) is 5.51 Å². The number of rotatable bonds is 4. The average molecular weight is 361 g/mol. The number of ether oxygens (including phenoxy) is 1. The minimum Gasteiger partial charge on any atom is -0.484 e. The minimum absolute atomic E-state index is 0.0415. The van der Waals surface area contributed by atoms with Crippen LogP contribution in [0.4, 0.5) is 5.13 Å². The van der Waals surface area contributed by atoms with Crippen LogP contribution in [0.3, 0.4) is 0 Å². The largest absolute Gasteiger partial charge is 0.484 e. The van der Waals surface area contributed by atoms with Gasteiger partial charge >= 0.3 is 0 Å². The Bertz CT molecular complexity index is 487. The molecular weight excluding hydrogens is 353 g/mol. The molecule has 1 amide bonds. The minimum atomic E-state index is -0.250. The van der Waals surface area contributed by atoms with E-state index in [1.807, 2.05) is 24.3 Å². The van der Waals surface area contributed by atoms with Gasteiger partial charge in [-0.3, -0.25) is 10.1 Å². The molecule has 1 N–H and O–H groups in total. The monoisotopic (exact) mass is 361 g/mol. The van der Waals surface area contributed by atoms with Gasteiger partial charge in [-0.25, -0.2) is 0 Å². The second-order valence-corrected chi connectivity index (χ2v) is 5.11. The zero-order valence-corrected chi connectivity index (χ0v) is 11.6. The number of amides is 1. The first-order chi connectivity index (χ1) is 8.24. The van der Waals surface area contributed by atoms with Crippen LogP contribution in [-0.2, 0) is 4.79 Å². The lowest BCUT2D eigenvalue weighted by Crippen LogP contribution is -2.20. The maximum atomic E-state index is 11.5. The van der Waals surface area contributed by atoms with Gasteiger partial charge in [0.15, 0.2) is 6.61 Å². The quantitative estimate of drug-likeness (QED) is 0.848. The Morgan fingerprint density at radius 2 is 2.18 bits per heavy atom. The summed E-state index contributed by atoms with van der Waals surface area (Å²) in [4.78, 5) is 11.5. The van der Waals surface area contributed by atoms with E-state index in [0.29, 0.717) is 10.9 Å². The van der Waals surface area contributed by atoms with E-state index in [2.05, 4.69) is 38.1 Å². The van der Waals surface area contributed by atoms with Crippen molar-refractivity contribution in [1.82, 2.24) is 10.2 Å². The molecule has 0 bridgehead atoms. The molecule has 0 aliphatic heterocycles. The van der Waals surface area contributed by atoms with Crippen LogP contribution in [0.5, 0.6) is 5.75 Å². The summed E-state index contributed by atoms with van der Waals surface area (Å²) in [6, 6.07) is 7.47. The molecule has 0 aliphatic rings. The van der Waals surface area contributed by atoms with E-state index in [4.69, 9.17) is 4.74 Å². The highest BCUT2D eigenvalue weighted by molar-refractivity contribution is 14.1. The van der Waals surface area contributed by atoms with Crippen molar-refractivity contribution in [1.29, 1.82) is 0 Å². The molecular formula is C10H8IN3O2S. The fourth-order valence-corrected chi connectivity index (χ4v) is 1.88. The summed E-state index contributed by atoms with van der Waals surface area (Å²) in [6.45, 7) is -0.0415. The zero-order chi connectivity index (χ0) is 12.1. The van der Waals surface area contributed by atoms with Crippen LogP contribution in [0.2, 0.25) is 0 Å². The van der Waals surface area contributed by atoms with Gasteiger partial charge in [0.25, 0.3) is 5.91 Å². The summed E-state index contributed by atoms with van der Waals surface area (Å²) < 4.78 is 6.43. The highest BCUT2D eigenvalue weighted by Crippen LogP contribution is 2.13. The van der Waals surface area contributed by atoms with Crippen molar-refractivity contribution in [3.05, 3.63) is 33.3 Å². The van der Waals surface area contributed by atoms with Crippen LogP contribution in [0.25, 0.3) is 0 Å². The predicted molar refractivity (Wildman–Crippen MR) is 73.2 cm³/mol. The SMILES string of the molecule is O=C(COc1ccc(I)cc1)Nc1nncs1. The molecule has 2 rings (SSSR count). The molecule has 0 aliphatic carbocycles. The third-order valence-corrected chi connectivity index (χ3v) is 3.12. The van der Waals surface area contributed by atoms with Gasteiger partial charge in [0.2, 0.25) is 5.13 Å². The van der Waals surface area contributed by atoms with E-state index >= 15 is 0 Å². The number of carbonyl (C=O) groups excluding carboxylic acids is 1. The Morgan fingerprint density at radius 3 is 2.82 bits per heavy atom. The lowest BCUT2D eigenvalue weighted by molar-refractivity contribution is -0.118. The normalized spacial score (nSPS) is 9.94. The topological polar surface area (TPSA) is 64.1 Å². The third kappa shape index (κ3) is 3.93. The molecule has 1 aromatic carbocycles. The summed E-state index contributed by atoms with van der Waals surface area (Å²) in [5, 5.41) is 10.4. The number of halogens is 1. The molecule has 17 heavy (non-hydrogen) atoms. The van der Waals surface area contributed by atoms with Crippen LogP contribution >= 0.6 is 33.9 Å². The number of benzene rings is 1. The first-order valence-corrected chi connectivity index (χ1v) is 6.64. The van der Waals surface area contributed by atoms with Gasteiger partial charge in [-0.1, -0.05) is 11.3 Å². The molecule has 0 atom stereocenters. The van der Waals surface area contributed by atoms with Crippen LogP contribution in [0.15, 0.2) is 29.8 Å². The Morgan fingerprint density at radius 1 is 1.41 bits per heavy atom. The number of aromatic nitrogens is 2. The van der Waals surface area contributed by atoms with Gasteiger partial charge < -0.3 is 4.74 Å². The molecule has 0 unspecified atom stereocenters. The summed E-state index contributed by atoms with van der Waals surface area (Å²) in [6.07, 6.45) is 0. The van der Waals surface area contributed by atoms with Crippen molar-refractivity contribution in [3.63, 3.8) is 0 Å². The molecule has 0 saturated carbocycles. The molecule has 0 saturated heterocycles. The molecule has 5 nitrogen and oxygen atoms in total. The summed E-state index contributed by atoms with van der Waals surface area (Å²) >= 11 is 3.47. The van der Waals surface area contributed by atoms with Crippen molar-refractivity contribution in [2.24, 2.45) is 0 Å². The number of hydrogen-bond acceptors (Lipinski definition) is 5. The molecule has 0 spiro atoms. The lowest BCUT2D eigenvalue weighted by atomic mass is 10.3. The van der Waals surface area contributed by atoms with Crippen LogP contribution in [-0.4, -0.2) is 22.7 Å². The van der Waals surface area contributed by atoms with E-state index in [9.17, 15) is 4.79 Å². The number of carbonyl (C=O) groups is 1. The standard InChI is InChI=1S/C10H8IN3O2S/c11-7-1-3-8(4-2-7)16-5-9(15)13-10-14-12-6-17-10/h1-4,6H,5H2,(H,13,14,15). The second kappa shape index (κ2) is 5.92.